The van der Waals surface area contributed by atoms with Gasteiger partial charge in [-0.2, -0.15) is 0 Å². The molecule has 0 radical (unpaired) electrons. The first-order valence-corrected chi connectivity index (χ1v) is 9.21. The number of hydrogen-bond donors (Lipinski definition) is 1. The van der Waals surface area contributed by atoms with E-state index < -0.39 is 5.97 Å². The summed E-state index contributed by atoms with van der Waals surface area (Å²) in [6.07, 6.45) is 0.145. The normalized spacial score (nSPS) is 16.7. The number of fused-ring (bicyclic) bond motifs is 1. The van der Waals surface area contributed by atoms with Gasteiger partial charge in [0.1, 0.15) is 5.75 Å². The number of ether oxygens (including phenoxy) is 1. The molecule has 2 aromatic carbocycles. The first-order valence-electron chi connectivity index (χ1n) is 9.21. The van der Waals surface area contributed by atoms with E-state index in [9.17, 15) is 9.59 Å². The van der Waals surface area contributed by atoms with Gasteiger partial charge >= 0.3 is 5.97 Å². The largest absolute Gasteiger partial charge is 0.497 e. The Balaban J connectivity index is 2.00. The van der Waals surface area contributed by atoms with Crippen LogP contribution in [0, 0.1) is 0 Å². The molecular formula is C23H25NO4. The van der Waals surface area contributed by atoms with E-state index in [1.165, 1.54) is 12.1 Å². The highest BCUT2D eigenvalue weighted by molar-refractivity contribution is 6.17. The van der Waals surface area contributed by atoms with Crippen LogP contribution in [0.3, 0.4) is 0 Å². The molecule has 0 unspecified atom stereocenters. The van der Waals surface area contributed by atoms with E-state index in [1.807, 2.05) is 12.1 Å². The van der Waals surface area contributed by atoms with Gasteiger partial charge in [-0.05, 0) is 43.7 Å². The molecule has 0 atom stereocenters. The summed E-state index contributed by atoms with van der Waals surface area (Å²) in [5.74, 6) is -0.388. The van der Waals surface area contributed by atoms with Crippen molar-refractivity contribution in [2.24, 2.45) is 4.99 Å². The molecule has 1 N–H and O–H groups in total. The molecule has 2 aromatic rings. The molecule has 1 aliphatic rings. The van der Waals surface area contributed by atoms with Crippen LogP contribution < -0.4 is 4.74 Å². The zero-order chi connectivity index (χ0) is 20.7. The molecule has 0 spiro atoms. The van der Waals surface area contributed by atoms with Gasteiger partial charge < -0.3 is 9.84 Å². The standard InChI is InChI=1S/C23H25NO4/c1-22(2)18-11-10-16(28-5)12-17(18)19(24-23(22,3)4)13-20(25)14-6-8-15(9-7-14)21(26)27/h6-12H,13H2,1-5H3,(H,26,27). The number of carboxylic acids is 1. The Morgan fingerprint density at radius 2 is 1.61 bits per heavy atom. The highest BCUT2D eigenvalue weighted by atomic mass is 16.5. The summed E-state index contributed by atoms with van der Waals surface area (Å²) in [6, 6.07) is 11.9. The maximum Gasteiger partial charge on any atom is 0.335 e. The molecule has 5 nitrogen and oxygen atoms in total. The number of hydrogen-bond acceptors (Lipinski definition) is 4. The number of aromatic carboxylic acids is 1. The van der Waals surface area contributed by atoms with Crippen molar-refractivity contribution in [2.75, 3.05) is 7.11 Å². The zero-order valence-corrected chi connectivity index (χ0v) is 16.9. The second-order valence-electron chi connectivity index (χ2n) is 8.14. The Morgan fingerprint density at radius 1 is 1.00 bits per heavy atom. The van der Waals surface area contributed by atoms with Gasteiger partial charge in [0, 0.05) is 16.5 Å². The Kier molecular flexibility index (Phi) is 4.88. The molecule has 0 aromatic heterocycles. The second-order valence-corrected chi connectivity index (χ2v) is 8.14. The molecule has 1 heterocycles. The van der Waals surface area contributed by atoms with Crippen LogP contribution >= 0.6 is 0 Å². The lowest BCUT2D eigenvalue weighted by atomic mass is 9.66. The van der Waals surface area contributed by atoms with Gasteiger partial charge in [0.2, 0.25) is 0 Å². The van der Waals surface area contributed by atoms with Crippen LogP contribution in [0.2, 0.25) is 0 Å². The van der Waals surface area contributed by atoms with Gasteiger partial charge in [0.25, 0.3) is 0 Å². The summed E-state index contributed by atoms with van der Waals surface area (Å²) >= 11 is 0. The number of carbonyl (C=O) groups excluding carboxylic acids is 1. The summed E-state index contributed by atoms with van der Waals surface area (Å²) in [6.45, 7) is 8.47. The second kappa shape index (κ2) is 6.89. The van der Waals surface area contributed by atoms with Crippen LogP contribution in [0.15, 0.2) is 47.5 Å². The smallest absolute Gasteiger partial charge is 0.335 e. The highest BCUT2D eigenvalue weighted by Gasteiger charge is 2.43. The monoisotopic (exact) mass is 379 g/mol. The first kappa shape index (κ1) is 19.8. The van der Waals surface area contributed by atoms with Crippen molar-refractivity contribution in [3.63, 3.8) is 0 Å². The van der Waals surface area contributed by atoms with Crippen molar-refractivity contribution >= 4 is 17.5 Å². The summed E-state index contributed by atoms with van der Waals surface area (Å²) in [7, 11) is 1.62. The van der Waals surface area contributed by atoms with E-state index in [0.29, 0.717) is 5.56 Å². The summed E-state index contributed by atoms with van der Waals surface area (Å²) in [4.78, 5) is 28.8. The SMILES string of the molecule is COc1ccc2c(c1)C(CC(=O)c1ccc(C(=O)O)cc1)=NC(C)(C)C2(C)C. The number of aliphatic imine (C=N–C) groups is 1. The van der Waals surface area contributed by atoms with Crippen LogP contribution in [0.1, 0.15) is 66.0 Å². The fourth-order valence-corrected chi connectivity index (χ4v) is 3.49. The highest BCUT2D eigenvalue weighted by Crippen LogP contribution is 2.44. The third-order valence-corrected chi connectivity index (χ3v) is 5.94. The Hall–Kier alpha value is -2.95. The van der Waals surface area contributed by atoms with Crippen LogP contribution in [0.5, 0.6) is 5.75 Å². The van der Waals surface area contributed by atoms with Crippen LogP contribution in [-0.2, 0) is 5.41 Å². The third kappa shape index (κ3) is 3.33. The molecule has 0 bridgehead atoms. The maximum absolute atomic E-state index is 12.9. The van der Waals surface area contributed by atoms with Gasteiger partial charge in [0.15, 0.2) is 5.78 Å². The number of nitrogens with zero attached hydrogens (tertiary/aromatic N) is 1. The Bertz CT molecular complexity index is 969. The summed E-state index contributed by atoms with van der Waals surface area (Å²) < 4.78 is 5.38. The van der Waals surface area contributed by atoms with Gasteiger partial charge in [-0.15, -0.1) is 0 Å². The fraction of sp³-hybridized carbons (Fsp3) is 0.348. The molecule has 0 saturated heterocycles. The molecule has 0 fully saturated rings. The van der Waals surface area contributed by atoms with E-state index in [-0.39, 0.29) is 28.7 Å². The minimum atomic E-state index is -1.01. The molecule has 0 amide bonds. The number of carboxylic acid groups (broad SMARTS) is 1. The minimum absolute atomic E-state index is 0.0973. The average molecular weight is 379 g/mol. The van der Waals surface area contributed by atoms with Crippen molar-refractivity contribution in [3.05, 3.63) is 64.7 Å². The van der Waals surface area contributed by atoms with Gasteiger partial charge in [0.05, 0.1) is 30.3 Å². The fourth-order valence-electron chi connectivity index (χ4n) is 3.49. The van der Waals surface area contributed by atoms with E-state index in [0.717, 1.165) is 22.6 Å². The molecule has 0 saturated carbocycles. The van der Waals surface area contributed by atoms with Crippen molar-refractivity contribution in [1.82, 2.24) is 0 Å². The number of rotatable bonds is 5. The Labute approximate surface area is 165 Å². The predicted molar refractivity (Wildman–Crippen MR) is 109 cm³/mol. The topological polar surface area (TPSA) is 76.0 Å². The van der Waals surface area contributed by atoms with Gasteiger partial charge in [-0.25, -0.2) is 4.79 Å². The van der Waals surface area contributed by atoms with Crippen molar-refractivity contribution < 1.29 is 19.4 Å². The van der Waals surface area contributed by atoms with E-state index in [4.69, 9.17) is 14.8 Å². The van der Waals surface area contributed by atoms with Gasteiger partial charge in [-0.3, -0.25) is 9.79 Å². The summed E-state index contributed by atoms with van der Waals surface area (Å²) in [5.41, 5.74) is 2.84. The summed E-state index contributed by atoms with van der Waals surface area (Å²) in [5, 5.41) is 9.02. The number of benzene rings is 2. The van der Waals surface area contributed by atoms with Crippen molar-refractivity contribution in [2.45, 2.75) is 45.1 Å². The number of methoxy groups -OCH3 is 1. The molecule has 5 heteroatoms. The lowest BCUT2D eigenvalue weighted by Crippen LogP contribution is -2.46. The first-order chi connectivity index (χ1) is 13.1. The Morgan fingerprint density at radius 3 is 2.18 bits per heavy atom. The van der Waals surface area contributed by atoms with E-state index >= 15 is 0 Å². The molecule has 28 heavy (non-hydrogen) atoms. The van der Waals surface area contributed by atoms with E-state index in [2.05, 4.69) is 33.8 Å². The van der Waals surface area contributed by atoms with Crippen molar-refractivity contribution in [3.8, 4) is 5.75 Å². The van der Waals surface area contributed by atoms with E-state index in [1.54, 1.807) is 19.2 Å². The molecule has 1 aliphatic heterocycles. The molecular weight excluding hydrogens is 354 g/mol. The molecule has 3 rings (SSSR count). The number of Topliss-reactive ketones (excluding diaryl/α,β-unsaturated/α-hetero) is 1. The zero-order valence-electron chi connectivity index (χ0n) is 16.9. The third-order valence-electron chi connectivity index (χ3n) is 5.94. The van der Waals surface area contributed by atoms with Crippen LogP contribution in [0.4, 0.5) is 0 Å². The predicted octanol–water partition coefficient (Wildman–Crippen LogP) is 4.53. The maximum atomic E-state index is 12.9. The minimum Gasteiger partial charge on any atom is -0.497 e. The molecule has 146 valence electrons. The quantitative estimate of drug-likeness (QED) is 0.775. The molecule has 0 aliphatic carbocycles. The average Bonchev–Trinajstić information content (AvgIpc) is 2.65. The number of carbonyl (C=O) groups is 2. The van der Waals surface area contributed by atoms with Crippen molar-refractivity contribution in [1.29, 1.82) is 0 Å². The van der Waals surface area contributed by atoms with Gasteiger partial charge in [-0.1, -0.05) is 32.0 Å². The lowest BCUT2D eigenvalue weighted by molar-refractivity contribution is 0.0696. The van der Waals surface area contributed by atoms with Crippen LogP contribution in [0.25, 0.3) is 0 Å². The number of ketones is 1. The van der Waals surface area contributed by atoms with Crippen LogP contribution in [-0.4, -0.2) is 35.2 Å². The lowest BCUT2D eigenvalue weighted by Gasteiger charge is -2.44.